The average molecular weight is 289 g/mol. The lowest BCUT2D eigenvalue weighted by Gasteiger charge is -2.09. The SMILES string of the molecule is Cc1cc(CNC(=O)c2cc(O)ccc2O)cc(C)c1F. The summed E-state index contributed by atoms with van der Waals surface area (Å²) in [5, 5.41) is 21.6. The van der Waals surface area contributed by atoms with Crippen LogP contribution in [0.3, 0.4) is 0 Å². The van der Waals surface area contributed by atoms with Gasteiger partial charge in [0.15, 0.2) is 0 Å². The van der Waals surface area contributed by atoms with E-state index in [0.29, 0.717) is 11.1 Å². The van der Waals surface area contributed by atoms with E-state index in [2.05, 4.69) is 5.32 Å². The third-order valence-electron chi connectivity index (χ3n) is 3.17. The van der Waals surface area contributed by atoms with Gasteiger partial charge in [-0.25, -0.2) is 4.39 Å². The van der Waals surface area contributed by atoms with Crippen molar-refractivity contribution in [2.24, 2.45) is 0 Å². The summed E-state index contributed by atoms with van der Waals surface area (Å²) in [5.74, 6) is -1.08. The zero-order valence-corrected chi connectivity index (χ0v) is 11.8. The first-order valence-corrected chi connectivity index (χ1v) is 6.44. The molecule has 0 aliphatic rings. The van der Waals surface area contributed by atoms with Crippen LogP contribution in [0, 0.1) is 19.7 Å². The van der Waals surface area contributed by atoms with Crippen molar-refractivity contribution in [1.82, 2.24) is 5.32 Å². The standard InChI is InChI=1S/C16H16FNO3/c1-9-5-11(6-10(2)15(9)17)8-18-16(21)13-7-12(19)3-4-14(13)20/h3-7,19-20H,8H2,1-2H3,(H,18,21). The van der Waals surface area contributed by atoms with Gasteiger partial charge in [0.2, 0.25) is 0 Å². The van der Waals surface area contributed by atoms with E-state index in [4.69, 9.17) is 0 Å². The fourth-order valence-electron chi connectivity index (χ4n) is 2.12. The molecule has 0 unspecified atom stereocenters. The molecule has 2 rings (SSSR count). The highest BCUT2D eigenvalue weighted by atomic mass is 19.1. The summed E-state index contributed by atoms with van der Waals surface area (Å²) in [4.78, 5) is 12.0. The molecule has 110 valence electrons. The molecule has 4 nitrogen and oxygen atoms in total. The molecule has 0 aromatic heterocycles. The van der Waals surface area contributed by atoms with Gasteiger partial charge in [-0.05, 0) is 48.7 Å². The molecule has 0 aliphatic heterocycles. The third kappa shape index (κ3) is 3.31. The second kappa shape index (κ2) is 5.83. The lowest BCUT2D eigenvalue weighted by molar-refractivity contribution is 0.0948. The number of benzene rings is 2. The molecule has 0 saturated heterocycles. The molecule has 0 bridgehead atoms. The van der Waals surface area contributed by atoms with Gasteiger partial charge in [-0.3, -0.25) is 4.79 Å². The van der Waals surface area contributed by atoms with E-state index in [9.17, 15) is 19.4 Å². The van der Waals surface area contributed by atoms with E-state index in [1.807, 2.05) is 0 Å². The molecule has 5 heteroatoms. The highest BCUT2D eigenvalue weighted by molar-refractivity contribution is 5.97. The average Bonchev–Trinajstić information content (AvgIpc) is 2.44. The summed E-state index contributed by atoms with van der Waals surface area (Å²) in [7, 11) is 0. The van der Waals surface area contributed by atoms with Crippen molar-refractivity contribution in [1.29, 1.82) is 0 Å². The maximum absolute atomic E-state index is 13.5. The highest BCUT2D eigenvalue weighted by Crippen LogP contribution is 2.22. The van der Waals surface area contributed by atoms with E-state index in [1.165, 1.54) is 18.2 Å². The second-order valence-corrected chi connectivity index (χ2v) is 4.93. The van der Waals surface area contributed by atoms with Crippen LogP contribution in [0.4, 0.5) is 4.39 Å². The van der Waals surface area contributed by atoms with Crippen LogP contribution < -0.4 is 5.32 Å². The van der Waals surface area contributed by atoms with Gasteiger partial charge >= 0.3 is 0 Å². The maximum Gasteiger partial charge on any atom is 0.255 e. The Balaban J connectivity index is 2.13. The first kappa shape index (κ1) is 14.8. The van der Waals surface area contributed by atoms with E-state index in [1.54, 1.807) is 26.0 Å². The Morgan fingerprint density at radius 2 is 1.76 bits per heavy atom. The number of rotatable bonds is 3. The minimum Gasteiger partial charge on any atom is -0.508 e. The number of phenols is 2. The Morgan fingerprint density at radius 1 is 1.14 bits per heavy atom. The quantitative estimate of drug-likeness (QED) is 0.761. The lowest BCUT2D eigenvalue weighted by atomic mass is 10.1. The van der Waals surface area contributed by atoms with Crippen LogP contribution in [-0.2, 0) is 6.54 Å². The number of hydrogen-bond donors (Lipinski definition) is 3. The maximum atomic E-state index is 13.5. The van der Waals surface area contributed by atoms with E-state index in [-0.39, 0.29) is 29.4 Å². The molecule has 2 aromatic carbocycles. The molecule has 0 heterocycles. The van der Waals surface area contributed by atoms with Gasteiger partial charge in [0, 0.05) is 6.54 Å². The van der Waals surface area contributed by atoms with Gasteiger partial charge in [-0.15, -0.1) is 0 Å². The van der Waals surface area contributed by atoms with Crippen LogP contribution in [0.25, 0.3) is 0 Å². The van der Waals surface area contributed by atoms with Crippen molar-refractivity contribution in [3.63, 3.8) is 0 Å². The van der Waals surface area contributed by atoms with Gasteiger partial charge in [-0.2, -0.15) is 0 Å². The third-order valence-corrected chi connectivity index (χ3v) is 3.17. The molecule has 0 radical (unpaired) electrons. The molecule has 0 spiro atoms. The van der Waals surface area contributed by atoms with Gasteiger partial charge in [0.25, 0.3) is 5.91 Å². The number of amides is 1. The first-order chi connectivity index (χ1) is 9.88. The van der Waals surface area contributed by atoms with Crippen molar-refractivity contribution in [2.45, 2.75) is 20.4 Å². The van der Waals surface area contributed by atoms with Crippen molar-refractivity contribution in [3.05, 3.63) is 58.4 Å². The largest absolute Gasteiger partial charge is 0.508 e. The van der Waals surface area contributed by atoms with Crippen LogP contribution in [0.1, 0.15) is 27.0 Å². The predicted octanol–water partition coefficient (Wildman–Crippen LogP) is 2.78. The van der Waals surface area contributed by atoms with Crippen LogP contribution in [0.5, 0.6) is 11.5 Å². The molecule has 0 fully saturated rings. The van der Waals surface area contributed by atoms with Crippen LogP contribution >= 0.6 is 0 Å². The van der Waals surface area contributed by atoms with E-state index >= 15 is 0 Å². The zero-order valence-electron chi connectivity index (χ0n) is 11.8. The van der Waals surface area contributed by atoms with Crippen molar-refractivity contribution >= 4 is 5.91 Å². The summed E-state index contributed by atoms with van der Waals surface area (Å²) < 4.78 is 13.5. The van der Waals surface area contributed by atoms with Crippen LogP contribution in [-0.4, -0.2) is 16.1 Å². The molecule has 1 amide bonds. The van der Waals surface area contributed by atoms with Crippen molar-refractivity contribution in [2.75, 3.05) is 0 Å². The topological polar surface area (TPSA) is 69.6 Å². The van der Waals surface area contributed by atoms with Gasteiger partial charge in [-0.1, -0.05) is 12.1 Å². The van der Waals surface area contributed by atoms with Gasteiger partial charge in [0.05, 0.1) is 5.56 Å². The summed E-state index contributed by atoms with van der Waals surface area (Å²) in [6.45, 7) is 3.53. The number of carbonyl (C=O) groups is 1. The molecule has 21 heavy (non-hydrogen) atoms. The predicted molar refractivity (Wildman–Crippen MR) is 76.8 cm³/mol. The number of halogens is 1. The smallest absolute Gasteiger partial charge is 0.255 e. The molecule has 3 N–H and O–H groups in total. The van der Waals surface area contributed by atoms with Crippen molar-refractivity contribution < 1.29 is 19.4 Å². The van der Waals surface area contributed by atoms with Crippen LogP contribution in [0.2, 0.25) is 0 Å². The van der Waals surface area contributed by atoms with E-state index in [0.717, 1.165) is 5.56 Å². The molecule has 0 saturated carbocycles. The Labute approximate surface area is 121 Å². The first-order valence-electron chi connectivity index (χ1n) is 6.44. The molecule has 0 aliphatic carbocycles. The minimum atomic E-state index is -0.511. The Hall–Kier alpha value is -2.56. The minimum absolute atomic E-state index is 0.00874. The summed E-state index contributed by atoms with van der Waals surface area (Å²) in [6.07, 6.45) is 0. The number of aromatic hydroxyl groups is 2. The normalized spacial score (nSPS) is 10.4. The second-order valence-electron chi connectivity index (χ2n) is 4.93. The van der Waals surface area contributed by atoms with Crippen molar-refractivity contribution in [3.8, 4) is 11.5 Å². The highest BCUT2D eigenvalue weighted by Gasteiger charge is 2.12. The Bertz CT molecular complexity index is 675. The molecule has 2 aromatic rings. The number of aryl methyl sites for hydroxylation is 2. The number of phenolic OH excluding ortho intramolecular Hbond substituents is 2. The number of carbonyl (C=O) groups excluding carboxylic acids is 1. The summed E-state index contributed by atoms with van der Waals surface area (Å²) >= 11 is 0. The monoisotopic (exact) mass is 289 g/mol. The zero-order chi connectivity index (χ0) is 15.6. The fourth-order valence-corrected chi connectivity index (χ4v) is 2.12. The Kier molecular flexibility index (Phi) is 4.12. The molecule has 0 atom stereocenters. The van der Waals surface area contributed by atoms with Gasteiger partial charge in [0.1, 0.15) is 17.3 Å². The Morgan fingerprint density at radius 3 is 2.38 bits per heavy atom. The molecular weight excluding hydrogens is 273 g/mol. The summed E-state index contributed by atoms with van der Waals surface area (Å²) in [6, 6.07) is 7.04. The fraction of sp³-hybridized carbons (Fsp3) is 0.188. The lowest BCUT2D eigenvalue weighted by Crippen LogP contribution is -2.23. The number of nitrogens with one attached hydrogen (secondary N) is 1. The van der Waals surface area contributed by atoms with E-state index < -0.39 is 5.91 Å². The van der Waals surface area contributed by atoms with Crippen LogP contribution in [0.15, 0.2) is 30.3 Å². The molecular formula is C16H16FNO3. The number of hydrogen-bond acceptors (Lipinski definition) is 3. The summed E-state index contributed by atoms with van der Waals surface area (Å²) in [5.41, 5.74) is 1.78. The van der Waals surface area contributed by atoms with Gasteiger partial charge < -0.3 is 15.5 Å².